The molecule has 6 heteroatoms. The quantitative estimate of drug-likeness (QED) is 0.856. The topological polar surface area (TPSA) is 72.2 Å². The van der Waals surface area contributed by atoms with Crippen molar-refractivity contribution in [3.8, 4) is 0 Å². The van der Waals surface area contributed by atoms with Crippen LogP contribution in [0.3, 0.4) is 0 Å². The third-order valence-electron chi connectivity index (χ3n) is 3.05. The van der Waals surface area contributed by atoms with Gasteiger partial charge in [-0.05, 0) is 48.4 Å². The normalized spacial score (nSPS) is 11.5. The molecule has 0 aromatic heterocycles. The molecule has 0 unspecified atom stereocenters. The highest BCUT2D eigenvalue weighted by molar-refractivity contribution is 7.89. The summed E-state index contributed by atoms with van der Waals surface area (Å²) in [6.45, 7) is 0.844. The van der Waals surface area contributed by atoms with Crippen molar-refractivity contribution in [3.05, 3.63) is 64.7 Å². The zero-order valence-electron chi connectivity index (χ0n) is 11.4. The number of hydrogen-bond donors (Lipinski definition) is 2. The van der Waals surface area contributed by atoms with Gasteiger partial charge in [-0.25, -0.2) is 13.1 Å². The van der Waals surface area contributed by atoms with Crippen LogP contribution in [0.15, 0.2) is 53.4 Å². The summed E-state index contributed by atoms with van der Waals surface area (Å²) in [4.78, 5) is 0.201. The first-order chi connectivity index (χ1) is 10.0. The first-order valence-electron chi connectivity index (χ1n) is 6.54. The van der Waals surface area contributed by atoms with Crippen LogP contribution < -0.4 is 10.5 Å². The maximum atomic E-state index is 12.1. The van der Waals surface area contributed by atoms with Gasteiger partial charge in [0, 0.05) is 11.6 Å². The summed E-state index contributed by atoms with van der Waals surface area (Å²) in [6, 6.07) is 13.8. The maximum absolute atomic E-state index is 12.1. The number of benzene rings is 2. The Morgan fingerprint density at radius 1 is 0.952 bits per heavy atom. The second-order valence-corrected chi connectivity index (χ2v) is 6.84. The van der Waals surface area contributed by atoms with Crippen LogP contribution in [-0.2, 0) is 23.0 Å². The van der Waals surface area contributed by atoms with Crippen molar-refractivity contribution in [3.63, 3.8) is 0 Å². The highest BCUT2D eigenvalue weighted by Gasteiger charge is 2.13. The van der Waals surface area contributed by atoms with Gasteiger partial charge in [0.05, 0.1) is 4.90 Å². The van der Waals surface area contributed by atoms with Crippen molar-refractivity contribution in [2.24, 2.45) is 5.73 Å². The van der Waals surface area contributed by atoms with Crippen LogP contribution in [0.25, 0.3) is 0 Å². The lowest BCUT2D eigenvalue weighted by atomic mass is 10.1. The molecule has 0 spiro atoms. The molecule has 0 saturated carbocycles. The number of hydrogen-bond acceptors (Lipinski definition) is 3. The average molecular weight is 325 g/mol. The van der Waals surface area contributed by atoms with Crippen LogP contribution in [0, 0.1) is 0 Å². The van der Waals surface area contributed by atoms with Crippen LogP contribution in [0.4, 0.5) is 0 Å². The summed E-state index contributed by atoms with van der Waals surface area (Å²) < 4.78 is 26.8. The molecule has 0 aliphatic rings. The predicted molar refractivity (Wildman–Crippen MR) is 84.7 cm³/mol. The van der Waals surface area contributed by atoms with Gasteiger partial charge in [-0.2, -0.15) is 0 Å². The van der Waals surface area contributed by atoms with Gasteiger partial charge in [-0.15, -0.1) is 0 Å². The van der Waals surface area contributed by atoms with Gasteiger partial charge < -0.3 is 5.73 Å². The van der Waals surface area contributed by atoms with Crippen molar-refractivity contribution >= 4 is 21.6 Å². The van der Waals surface area contributed by atoms with Gasteiger partial charge >= 0.3 is 0 Å². The zero-order valence-corrected chi connectivity index (χ0v) is 13.0. The van der Waals surface area contributed by atoms with Gasteiger partial charge in [0.15, 0.2) is 0 Å². The van der Waals surface area contributed by atoms with E-state index in [4.69, 9.17) is 17.3 Å². The zero-order chi connectivity index (χ0) is 15.3. The van der Waals surface area contributed by atoms with E-state index in [1.807, 2.05) is 24.3 Å². The largest absolute Gasteiger partial charge is 0.330 e. The van der Waals surface area contributed by atoms with Crippen LogP contribution in [0.2, 0.25) is 5.02 Å². The van der Waals surface area contributed by atoms with Crippen LogP contribution in [0.5, 0.6) is 0 Å². The van der Waals surface area contributed by atoms with Gasteiger partial charge in [0.1, 0.15) is 0 Å². The van der Waals surface area contributed by atoms with Crippen molar-refractivity contribution in [2.45, 2.75) is 17.9 Å². The Morgan fingerprint density at radius 3 is 2.10 bits per heavy atom. The minimum absolute atomic E-state index is 0.201. The minimum atomic E-state index is -3.52. The highest BCUT2D eigenvalue weighted by atomic mass is 35.5. The first kappa shape index (κ1) is 16.0. The SMILES string of the molecule is NCCc1ccc(CNS(=O)(=O)c2ccc(Cl)cc2)cc1. The Labute approximate surface area is 130 Å². The van der Waals surface area contributed by atoms with Gasteiger partial charge in [-0.1, -0.05) is 35.9 Å². The molecule has 4 nitrogen and oxygen atoms in total. The summed E-state index contributed by atoms with van der Waals surface area (Å²) in [5.74, 6) is 0. The number of rotatable bonds is 6. The average Bonchev–Trinajstić information content (AvgIpc) is 2.47. The molecule has 3 N–H and O–H groups in total. The van der Waals surface area contributed by atoms with Crippen molar-refractivity contribution in [1.29, 1.82) is 0 Å². The Morgan fingerprint density at radius 2 is 1.52 bits per heavy atom. The molecule has 0 amide bonds. The summed E-state index contributed by atoms with van der Waals surface area (Å²) in [7, 11) is -3.52. The Bertz CT molecular complexity index is 683. The molecule has 21 heavy (non-hydrogen) atoms. The van der Waals surface area contributed by atoms with Gasteiger partial charge in [-0.3, -0.25) is 0 Å². The van der Waals surface area contributed by atoms with Crippen LogP contribution in [0.1, 0.15) is 11.1 Å². The van der Waals surface area contributed by atoms with E-state index in [1.165, 1.54) is 12.1 Å². The van der Waals surface area contributed by atoms with E-state index in [0.29, 0.717) is 11.6 Å². The summed E-state index contributed by atoms with van der Waals surface area (Å²) in [5.41, 5.74) is 7.53. The lowest BCUT2D eigenvalue weighted by Gasteiger charge is -2.07. The Balaban J connectivity index is 2.02. The van der Waals surface area contributed by atoms with E-state index in [0.717, 1.165) is 17.5 Å². The monoisotopic (exact) mass is 324 g/mol. The lowest BCUT2D eigenvalue weighted by Crippen LogP contribution is -2.23. The Kier molecular flexibility index (Phi) is 5.36. The molecule has 2 aromatic rings. The number of nitrogens with one attached hydrogen (secondary N) is 1. The molecule has 0 aliphatic heterocycles. The molecule has 2 aromatic carbocycles. The van der Waals surface area contributed by atoms with E-state index >= 15 is 0 Å². The van der Waals surface area contributed by atoms with E-state index in [1.54, 1.807) is 12.1 Å². The summed E-state index contributed by atoms with van der Waals surface area (Å²) in [5, 5.41) is 0.504. The fourth-order valence-corrected chi connectivity index (χ4v) is 3.01. The first-order valence-corrected chi connectivity index (χ1v) is 8.40. The molecule has 0 fully saturated rings. The van der Waals surface area contributed by atoms with Crippen molar-refractivity contribution in [2.75, 3.05) is 6.54 Å². The lowest BCUT2D eigenvalue weighted by molar-refractivity contribution is 0.581. The smallest absolute Gasteiger partial charge is 0.240 e. The summed E-state index contributed by atoms with van der Waals surface area (Å²) >= 11 is 5.75. The number of sulfonamides is 1. The minimum Gasteiger partial charge on any atom is -0.330 e. The third kappa shape index (κ3) is 4.54. The fourth-order valence-electron chi connectivity index (χ4n) is 1.87. The molecule has 0 bridgehead atoms. The molecule has 0 aliphatic carbocycles. The molecular formula is C15H17ClN2O2S. The molecular weight excluding hydrogens is 308 g/mol. The summed E-state index contributed by atoms with van der Waals surface area (Å²) in [6.07, 6.45) is 0.816. The van der Waals surface area contributed by atoms with E-state index in [9.17, 15) is 8.42 Å². The van der Waals surface area contributed by atoms with Crippen molar-refractivity contribution < 1.29 is 8.42 Å². The van der Waals surface area contributed by atoms with Gasteiger partial charge in [0.25, 0.3) is 0 Å². The van der Waals surface area contributed by atoms with E-state index in [2.05, 4.69) is 4.72 Å². The molecule has 2 rings (SSSR count). The Hall–Kier alpha value is -1.40. The molecule has 112 valence electrons. The standard InChI is InChI=1S/C15H17ClN2O2S/c16-14-5-7-15(8-6-14)21(19,20)18-11-13-3-1-12(2-4-13)9-10-17/h1-8,18H,9-11,17H2. The van der Waals surface area contributed by atoms with Crippen LogP contribution >= 0.6 is 11.6 Å². The second-order valence-electron chi connectivity index (χ2n) is 4.63. The maximum Gasteiger partial charge on any atom is 0.240 e. The van der Waals surface area contributed by atoms with Crippen molar-refractivity contribution in [1.82, 2.24) is 4.72 Å². The highest BCUT2D eigenvalue weighted by Crippen LogP contribution is 2.14. The fraction of sp³-hybridized carbons (Fsp3) is 0.200. The second kappa shape index (κ2) is 7.04. The van der Waals surface area contributed by atoms with E-state index in [-0.39, 0.29) is 11.4 Å². The van der Waals surface area contributed by atoms with E-state index < -0.39 is 10.0 Å². The molecule has 0 saturated heterocycles. The van der Waals surface area contributed by atoms with Gasteiger partial charge in [0.2, 0.25) is 10.0 Å². The van der Waals surface area contributed by atoms with Crippen LogP contribution in [-0.4, -0.2) is 15.0 Å². The number of halogens is 1. The molecule has 0 atom stereocenters. The number of nitrogens with two attached hydrogens (primary N) is 1. The third-order valence-corrected chi connectivity index (χ3v) is 4.72. The molecule has 0 radical (unpaired) electrons. The molecule has 0 heterocycles. The predicted octanol–water partition coefficient (Wildman–Crippen LogP) is 2.32.